The van der Waals surface area contributed by atoms with Gasteiger partial charge in [-0.05, 0) is 44.1 Å². The predicted molar refractivity (Wildman–Crippen MR) is 84.6 cm³/mol. The molecule has 0 radical (unpaired) electrons. The van der Waals surface area contributed by atoms with Gasteiger partial charge in [0.1, 0.15) is 0 Å². The molecule has 0 aliphatic heterocycles. The molecule has 1 aromatic rings. The highest BCUT2D eigenvalue weighted by Gasteiger charge is 2.04. The van der Waals surface area contributed by atoms with Crippen LogP contribution < -0.4 is 11.1 Å². The van der Waals surface area contributed by atoms with E-state index in [9.17, 15) is 4.79 Å². The first kappa shape index (κ1) is 16.5. The van der Waals surface area contributed by atoms with E-state index < -0.39 is 0 Å². The molecule has 0 bridgehead atoms. The number of nitrogens with zero attached hydrogens (tertiary/aromatic N) is 1. The van der Waals surface area contributed by atoms with Gasteiger partial charge in [0, 0.05) is 18.7 Å². The van der Waals surface area contributed by atoms with Gasteiger partial charge in [0.15, 0.2) is 0 Å². The van der Waals surface area contributed by atoms with Crippen LogP contribution in [0.25, 0.3) is 0 Å². The van der Waals surface area contributed by atoms with Crippen LogP contribution in [0.2, 0.25) is 0 Å². The monoisotopic (exact) mass is 277 g/mol. The zero-order valence-electron chi connectivity index (χ0n) is 12.7. The quantitative estimate of drug-likeness (QED) is 0.536. The zero-order chi connectivity index (χ0) is 14.8. The highest BCUT2D eigenvalue weighted by molar-refractivity contribution is 5.76. The van der Waals surface area contributed by atoms with Crippen LogP contribution in [0.1, 0.15) is 32.3 Å². The predicted octanol–water partition coefficient (Wildman–Crippen LogP) is 2.05. The minimum atomic E-state index is 0.104. The number of rotatable bonds is 9. The number of anilines is 1. The molecule has 0 saturated carbocycles. The Morgan fingerprint density at radius 2 is 1.95 bits per heavy atom. The number of carbonyl (C=O) groups is 1. The summed E-state index contributed by atoms with van der Waals surface area (Å²) in [5, 5.41) is 2.97. The van der Waals surface area contributed by atoms with E-state index in [0.717, 1.165) is 43.9 Å². The van der Waals surface area contributed by atoms with Crippen molar-refractivity contribution in [2.75, 3.05) is 31.9 Å². The van der Waals surface area contributed by atoms with E-state index >= 15 is 0 Å². The highest BCUT2D eigenvalue weighted by Crippen LogP contribution is 2.12. The van der Waals surface area contributed by atoms with Crippen molar-refractivity contribution in [2.45, 2.75) is 33.1 Å². The van der Waals surface area contributed by atoms with E-state index in [1.54, 1.807) is 0 Å². The molecule has 0 aromatic heterocycles. The lowest BCUT2D eigenvalue weighted by atomic mass is 10.1. The summed E-state index contributed by atoms with van der Waals surface area (Å²) >= 11 is 0. The third-order valence-corrected chi connectivity index (χ3v) is 3.54. The summed E-state index contributed by atoms with van der Waals surface area (Å²) in [5.41, 5.74) is 7.67. The number of nitrogens with one attached hydrogen (secondary N) is 1. The second-order valence-corrected chi connectivity index (χ2v) is 4.93. The SMILES string of the molecule is CCN(CC)CCCNC(=O)CCc1ccccc1N. The van der Waals surface area contributed by atoms with Gasteiger partial charge in [0.25, 0.3) is 0 Å². The van der Waals surface area contributed by atoms with Crippen LogP contribution in [0.3, 0.4) is 0 Å². The van der Waals surface area contributed by atoms with Gasteiger partial charge >= 0.3 is 0 Å². The van der Waals surface area contributed by atoms with Crippen molar-refractivity contribution in [3.8, 4) is 0 Å². The number of benzene rings is 1. The third-order valence-electron chi connectivity index (χ3n) is 3.54. The number of hydrogen-bond donors (Lipinski definition) is 2. The van der Waals surface area contributed by atoms with Crippen molar-refractivity contribution in [2.24, 2.45) is 0 Å². The molecule has 20 heavy (non-hydrogen) atoms. The van der Waals surface area contributed by atoms with E-state index in [4.69, 9.17) is 5.73 Å². The lowest BCUT2D eigenvalue weighted by Gasteiger charge is -2.17. The van der Waals surface area contributed by atoms with Gasteiger partial charge in [0.2, 0.25) is 5.91 Å². The van der Waals surface area contributed by atoms with Crippen molar-refractivity contribution in [1.29, 1.82) is 0 Å². The smallest absolute Gasteiger partial charge is 0.220 e. The molecule has 1 amide bonds. The Morgan fingerprint density at radius 1 is 1.25 bits per heavy atom. The molecule has 0 heterocycles. The Kier molecular flexibility index (Phi) is 7.73. The first-order chi connectivity index (χ1) is 9.67. The lowest BCUT2D eigenvalue weighted by Crippen LogP contribution is -2.30. The van der Waals surface area contributed by atoms with Gasteiger partial charge in [-0.25, -0.2) is 0 Å². The van der Waals surface area contributed by atoms with Gasteiger partial charge in [0.05, 0.1) is 0 Å². The van der Waals surface area contributed by atoms with Crippen LogP contribution in [-0.2, 0) is 11.2 Å². The first-order valence-electron chi connectivity index (χ1n) is 7.49. The number of amides is 1. The van der Waals surface area contributed by atoms with Crippen LogP contribution in [0.4, 0.5) is 5.69 Å². The molecule has 4 heteroatoms. The Bertz CT molecular complexity index is 402. The van der Waals surface area contributed by atoms with Crippen molar-refractivity contribution in [3.05, 3.63) is 29.8 Å². The summed E-state index contributed by atoms with van der Waals surface area (Å²) in [5.74, 6) is 0.104. The molecule has 0 fully saturated rings. The number of nitrogen functional groups attached to an aromatic ring is 1. The van der Waals surface area contributed by atoms with Crippen LogP contribution in [-0.4, -0.2) is 37.0 Å². The molecule has 3 N–H and O–H groups in total. The second-order valence-electron chi connectivity index (χ2n) is 4.93. The molecule has 0 aliphatic rings. The van der Waals surface area contributed by atoms with Crippen molar-refractivity contribution in [1.82, 2.24) is 10.2 Å². The zero-order valence-corrected chi connectivity index (χ0v) is 12.7. The summed E-state index contributed by atoms with van der Waals surface area (Å²) in [6.07, 6.45) is 2.20. The molecule has 0 atom stereocenters. The number of carbonyl (C=O) groups excluding carboxylic acids is 1. The van der Waals surface area contributed by atoms with Crippen LogP contribution in [0.15, 0.2) is 24.3 Å². The van der Waals surface area contributed by atoms with Crippen LogP contribution >= 0.6 is 0 Å². The highest BCUT2D eigenvalue weighted by atomic mass is 16.1. The molecule has 1 aromatic carbocycles. The Labute approximate surface area is 122 Å². The molecule has 0 unspecified atom stereocenters. The molecule has 4 nitrogen and oxygen atoms in total. The van der Waals surface area contributed by atoms with E-state index in [-0.39, 0.29) is 5.91 Å². The molecule has 0 spiro atoms. The van der Waals surface area contributed by atoms with Crippen LogP contribution in [0, 0.1) is 0 Å². The average Bonchev–Trinajstić information content (AvgIpc) is 2.46. The molecule has 0 saturated heterocycles. The fourth-order valence-corrected chi connectivity index (χ4v) is 2.17. The topological polar surface area (TPSA) is 58.4 Å². The largest absolute Gasteiger partial charge is 0.399 e. The Morgan fingerprint density at radius 3 is 2.60 bits per heavy atom. The number of hydrogen-bond acceptors (Lipinski definition) is 3. The molecule has 112 valence electrons. The van der Waals surface area contributed by atoms with E-state index in [2.05, 4.69) is 24.1 Å². The average molecular weight is 277 g/mol. The number of para-hydroxylation sites is 1. The third kappa shape index (κ3) is 6.06. The van der Waals surface area contributed by atoms with Gasteiger partial charge in [-0.1, -0.05) is 32.0 Å². The fourth-order valence-electron chi connectivity index (χ4n) is 2.17. The maximum atomic E-state index is 11.7. The standard InChI is InChI=1S/C16H27N3O/c1-3-19(4-2)13-7-12-18-16(20)11-10-14-8-5-6-9-15(14)17/h5-6,8-9H,3-4,7,10-13,17H2,1-2H3,(H,18,20). The summed E-state index contributed by atoms with van der Waals surface area (Å²) in [6.45, 7) is 8.24. The molecule has 0 aliphatic carbocycles. The molecule has 1 rings (SSSR count). The summed E-state index contributed by atoms with van der Waals surface area (Å²) in [4.78, 5) is 14.1. The Balaban J connectivity index is 2.16. The summed E-state index contributed by atoms with van der Waals surface area (Å²) in [7, 11) is 0. The number of aryl methyl sites for hydroxylation is 1. The number of nitrogens with two attached hydrogens (primary N) is 1. The van der Waals surface area contributed by atoms with Crippen molar-refractivity contribution >= 4 is 11.6 Å². The molecular formula is C16H27N3O. The minimum Gasteiger partial charge on any atom is -0.399 e. The lowest BCUT2D eigenvalue weighted by molar-refractivity contribution is -0.121. The van der Waals surface area contributed by atoms with E-state index in [0.29, 0.717) is 12.8 Å². The van der Waals surface area contributed by atoms with Gasteiger partial charge in [-0.15, -0.1) is 0 Å². The minimum absolute atomic E-state index is 0.104. The second kappa shape index (κ2) is 9.37. The normalized spacial score (nSPS) is 10.8. The maximum Gasteiger partial charge on any atom is 0.220 e. The summed E-state index contributed by atoms with van der Waals surface area (Å²) < 4.78 is 0. The van der Waals surface area contributed by atoms with Gasteiger partial charge < -0.3 is 16.0 Å². The Hall–Kier alpha value is -1.55. The van der Waals surface area contributed by atoms with Gasteiger partial charge in [-0.2, -0.15) is 0 Å². The summed E-state index contributed by atoms with van der Waals surface area (Å²) in [6, 6.07) is 7.71. The van der Waals surface area contributed by atoms with Crippen molar-refractivity contribution < 1.29 is 4.79 Å². The fraction of sp³-hybridized carbons (Fsp3) is 0.562. The van der Waals surface area contributed by atoms with Crippen LogP contribution in [0.5, 0.6) is 0 Å². The van der Waals surface area contributed by atoms with E-state index in [1.165, 1.54) is 0 Å². The molecular weight excluding hydrogens is 250 g/mol. The van der Waals surface area contributed by atoms with E-state index in [1.807, 2.05) is 24.3 Å². The maximum absolute atomic E-state index is 11.7. The van der Waals surface area contributed by atoms with Crippen molar-refractivity contribution in [3.63, 3.8) is 0 Å². The van der Waals surface area contributed by atoms with Gasteiger partial charge in [-0.3, -0.25) is 4.79 Å². The first-order valence-corrected chi connectivity index (χ1v) is 7.49.